The van der Waals surface area contributed by atoms with Crippen LogP contribution in [0.3, 0.4) is 0 Å². The van der Waals surface area contributed by atoms with Gasteiger partial charge >= 0.3 is 199 Å². The molecule has 2 rings (SSSR count). The topological polar surface area (TPSA) is 102 Å². The van der Waals surface area contributed by atoms with Gasteiger partial charge in [0.05, 0.1) is 0 Å². The molecule has 192 valence electrons. The van der Waals surface area contributed by atoms with E-state index in [1.54, 1.807) is 36.4 Å². The molecule has 8 nitrogen and oxygen atoms in total. The number of rotatable bonds is 13. The minimum atomic E-state index is -4.19. The summed E-state index contributed by atoms with van der Waals surface area (Å²) in [6.45, 7) is 11.1. The van der Waals surface area contributed by atoms with E-state index in [-0.39, 0.29) is 43.7 Å². The normalized spacial score (nSPS) is 13.2. The molecule has 2 aromatic rings. The minimum absolute atomic E-state index is 0.0219. The second-order valence-electron chi connectivity index (χ2n) is 6.79. The molecule has 2 N–H and O–H groups in total. The van der Waals surface area contributed by atoms with Crippen LogP contribution in [-0.4, -0.2) is 26.2 Å². The van der Waals surface area contributed by atoms with E-state index in [4.69, 9.17) is 21.1 Å². The van der Waals surface area contributed by atoms with Gasteiger partial charge in [-0.25, -0.2) is 4.98 Å². The molecule has 0 fully saturated rings. The SMILES string of the molecule is C=C[I-]/C=C\C(=C/C)C(=C)NC(Cl)=C(Oc1ccccc1OC)C(C)=NS(=O)(=O)Nc1ccccn1. The Morgan fingerprint density at radius 2 is 1.89 bits per heavy atom. The standard InChI is InChI=1S/C25H27ClIN4O4S/c1-6-20(15-16-27-7-2)18(3)29-25(26)24(35-22-13-9-8-12-21(22)34-5)19(4)30-36(32,33)31-23-14-10-11-17-28-23/h6-17,29H,2-3H2,1,4-5H3,(H,28,31)/q-1/b16-15-,20-6+,25-24?,30-19?. The molecular formula is C25H27ClIN4O4S-. The van der Waals surface area contributed by atoms with Gasteiger partial charge in [-0.3, -0.25) is 0 Å². The van der Waals surface area contributed by atoms with Gasteiger partial charge in [-0.15, -0.1) is 0 Å². The fourth-order valence-corrected chi connectivity index (χ4v) is 4.73. The molecule has 0 saturated heterocycles. The van der Waals surface area contributed by atoms with Crippen LogP contribution in [0.2, 0.25) is 0 Å². The summed E-state index contributed by atoms with van der Waals surface area (Å²) in [5.74, 6) is 0.819. The molecule has 36 heavy (non-hydrogen) atoms. The number of nitrogens with one attached hydrogen (secondary N) is 2. The van der Waals surface area contributed by atoms with Crippen molar-refractivity contribution in [2.24, 2.45) is 4.40 Å². The zero-order valence-electron chi connectivity index (χ0n) is 20.0. The van der Waals surface area contributed by atoms with Gasteiger partial charge < -0.3 is 0 Å². The predicted molar refractivity (Wildman–Crippen MR) is 142 cm³/mol. The van der Waals surface area contributed by atoms with Crippen LogP contribution in [-0.2, 0) is 10.2 Å². The summed E-state index contributed by atoms with van der Waals surface area (Å²) in [4.78, 5) is 3.95. The number of benzene rings is 1. The summed E-state index contributed by atoms with van der Waals surface area (Å²) in [6.07, 6.45) is 5.24. The zero-order valence-corrected chi connectivity index (χ0v) is 23.8. The van der Waals surface area contributed by atoms with Crippen LogP contribution in [0.4, 0.5) is 5.82 Å². The van der Waals surface area contributed by atoms with E-state index in [9.17, 15) is 8.42 Å². The van der Waals surface area contributed by atoms with E-state index in [0.29, 0.717) is 17.2 Å². The number of methoxy groups -OCH3 is 1. The van der Waals surface area contributed by atoms with Gasteiger partial charge in [0, 0.05) is 6.20 Å². The molecule has 0 aliphatic carbocycles. The quantitative estimate of drug-likeness (QED) is 0.115. The molecule has 11 heteroatoms. The maximum atomic E-state index is 12.7. The van der Waals surface area contributed by atoms with Crippen molar-refractivity contribution in [2.45, 2.75) is 13.8 Å². The second-order valence-corrected chi connectivity index (χ2v) is 10.8. The van der Waals surface area contributed by atoms with E-state index in [0.717, 1.165) is 5.57 Å². The molecule has 0 amide bonds. The Balaban J connectivity index is 2.47. The van der Waals surface area contributed by atoms with Crippen LogP contribution < -0.4 is 40.7 Å². The molecule has 0 aliphatic heterocycles. The first kappa shape index (κ1) is 29.1. The van der Waals surface area contributed by atoms with Gasteiger partial charge in [-0.2, -0.15) is 0 Å². The Labute approximate surface area is 227 Å². The third-order valence-electron chi connectivity index (χ3n) is 4.29. The average Bonchev–Trinajstić information content (AvgIpc) is 2.85. The van der Waals surface area contributed by atoms with E-state index < -0.39 is 10.2 Å². The number of ether oxygens (including phenoxy) is 2. The summed E-state index contributed by atoms with van der Waals surface area (Å²) in [6, 6.07) is 11.7. The van der Waals surface area contributed by atoms with Crippen molar-refractivity contribution < 1.29 is 39.1 Å². The van der Waals surface area contributed by atoms with E-state index in [1.807, 2.05) is 27.2 Å². The van der Waals surface area contributed by atoms with Crippen LogP contribution in [0.15, 0.2) is 109 Å². The second kappa shape index (κ2) is 14.5. The number of pyridine rings is 1. The van der Waals surface area contributed by atoms with Crippen LogP contribution >= 0.6 is 11.6 Å². The van der Waals surface area contributed by atoms with E-state index in [2.05, 4.69) is 32.6 Å². The van der Waals surface area contributed by atoms with Crippen molar-refractivity contribution in [3.8, 4) is 11.5 Å². The Hall–Kier alpha value is -3.09. The molecule has 0 aliphatic rings. The van der Waals surface area contributed by atoms with Crippen LogP contribution in [0.1, 0.15) is 13.8 Å². The van der Waals surface area contributed by atoms with Crippen molar-refractivity contribution in [2.75, 3.05) is 11.8 Å². The van der Waals surface area contributed by atoms with Crippen LogP contribution in [0, 0.1) is 0 Å². The molecule has 1 aromatic heterocycles. The average molecular weight is 642 g/mol. The van der Waals surface area contributed by atoms with E-state index >= 15 is 0 Å². The van der Waals surface area contributed by atoms with Crippen molar-refractivity contribution >= 4 is 33.3 Å². The molecule has 0 saturated carbocycles. The van der Waals surface area contributed by atoms with Crippen molar-refractivity contribution in [3.63, 3.8) is 0 Å². The monoisotopic (exact) mass is 641 g/mol. The summed E-state index contributed by atoms with van der Waals surface area (Å²) < 4.78 is 46.8. The number of hydrogen-bond acceptors (Lipinski definition) is 6. The molecule has 1 aromatic carbocycles. The smallest absolute Gasteiger partial charge is 0.238 e. The molecule has 1 heterocycles. The number of anilines is 1. The molecule has 0 spiro atoms. The third-order valence-corrected chi connectivity index (χ3v) is 6.82. The van der Waals surface area contributed by atoms with Crippen LogP contribution in [0.25, 0.3) is 0 Å². The fraction of sp³-hybridized carbons (Fsp3) is 0.120. The number of aromatic nitrogens is 1. The fourth-order valence-electron chi connectivity index (χ4n) is 2.68. The van der Waals surface area contributed by atoms with Crippen molar-refractivity contribution in [1.29, 1.82) is 0 Å². The molecule has 0 unspecified atom stereocenters. The molecule has 0 atom stereocenters. The first-order valence-corrected chi connectivity index (χ1v) is 14.7. The Morgan fingerprint density at radius 3 is 2.50 bits per heavy atom. The van der Waals surface area contributed by atoms with E-state index in [1.165, 1.54) is 26.3 Å². The Kier molecular flexibility index (Phi) is 11.7. The van der Waals surface area contributed by atoms with Gasteiger partial charge in [-0.1, -0.05) is 6.07 Å². The number of hydrogen-bond donors (Lipinski definition) is 2. The summed E-state index contributed by atoms with van der Waals surface area (Å²) in [5.41, 5.74) is 1.25. The third kappa shape index (κ3) is 9.17. The van der Waals surface area contributed by atoms with Crippen LogP contribution in [0.5, 0.6) is 11.5 Å². The van der Waals surface area contributed by atoms with Crippen molar-refractivity contribution in [1.82, 2.24) is 10.3 Å². The Bertz CT molecular complexity index is 1310. The number of para-hydroxylation sites is 2. The van der Waals surface area contributed by atoms with Crippen molar-refractivity contribution in [3.05, 3.63) is 104 Å². The minimum Gasteiger partial charge on any atom is -0.238 e. The molecular weight excluding hydrogens is 615 g/mol. The number of allylic oxidation sites excluding steroid dienone is 3. The number of nitrogens with zero attached hydrogens (tertiary/aromatic N) is 2. The molecule has 0 radical (unpaired) electrons. The Morgan fingerprint density at radius 1 is 1.19 bits per heavy atom. The maximum absolute atomic E-state index is 12.7. The van der Waals surface area contributed by atoms with Gasteiger partial charge in [0.2, 0.25) is 0 Å². The van der Waals surface area contributed by atoms with Gasteiger partial charge in [0.1, 0.15) is 0 Å². The summed E-state index contributed by atoms with van der Waals surface area (Å²) in [5, 5.41) is 2.95. The van der Waals surface area contributed by atoms with Gasteiger partial charge in [0.25, 0.3) is 0 Å². The predicted octanol–water partition coefficient (Wildman–Crippen LogP) is 2.49. The zero-order chi connectivity index (χ0) is 26.6. The first-order valence-electron chi connectivity index (χ1n) is 10.4. The summed E-state index contributed by atoms with van der Waals surface area (Å²) in [7, 11) is -2.70. The first-order chi connectivity index (χ1) is 17.2. The van der Waals surface area contributed by atoms with Gasteiger partial charge in [-0.05, 0) is 12.1 Å². The summed E-state index contributed by atoms with van der Waals surface area (Å²) >= 11 is 6.34. The number of halogens is 2. The molecule has 0 bridgehead atoms. The van der Waals surface area contributed by atoms with Gasteiger partial charge in [0.15, 0.2) is 0 Å².